The van der Waals surface area contributed by atoms with Gasteiger partial charge >= 0.3 is 0 Å². The lowest BCUT2D eigenvalue weighted by molar-refractivity contribution is 0.769. The van der Waals surface area contributed by atoms with Gasteiger partial charge in [-0.3, -0.25) is 0 Å². The summed E-state index contributed by atoms with van der Waals surface area (Å²) in [6.07, 6.45) is 0. The first-order chi connectivity index (χ1) is 34.8. The van der Waals surface area contributed by atoms with Crippen LogP contribution in [-0.2, 0) is 5.41 Å². The van der Waals surface area contributed by atoms with E-state index in [1.54, 1.807) is 0 Å². The van der Waals surface area contributed by atoms with Crippen molar-refractivity contribution < 1.29 is 0 Å². The molecule has 3 heteroatoms. The minimum absolute atomic E-state index is 0.575. The van der Waals surface area contributed by atoms with Crippen molar-refractivity contribution in [3.8, 4) is 39.1 Å². The summed E-state index contributed by atoms with van der Waals surface area (Å²) in [6.45, 7) is 0. The number of fused-ring (bicyclic) bond motifs is 9. The summed E-state index contributed by atoms with van der Waals surface area (Å²) in [7, 11) is -1.13. The molecule has 2 nitrogen and oxygen atoms in total. The van der Waals surface area contributed by atoms with E-state index in [9.17, 15) is 0 Å². The smallest absolute Gasteiger partial charge is 0.0714 e. The van der Waals surface area contributed by atoms with Crippen LogP contribution in [0.3, 0.4) is 0 Å². The normalized spacial score (nSPS) is 14.2. The van der Waals surface area contributed by atoms with Crippen LogP contribution in [0.1, 0.15) is 22.3 Å². The lowest BCUT2D eigenvalue weighted by Crippen LogP contribution is -2.36. The molecule has 0 saturated heterocycles. The van der Waals surface area contributed by atoms with E-state index >= 15 is 0 Å². The third-order valence-electron chi connectivity index (χ3n) is 14.7. The van der Waals surface area contributed by atoms with Crippen molar-refractivity contribution in [1.29, 1.82) is 0 Å². The van der Waals surface area contributed by atoms with E-state index in [4.69, 9.17) is 0 Å². The van der Waals surface area contributed by atoms with Crippen molar-refractivity contribution in [2.45, 2.75) is 5.41 Å². The van der Waals surface area contributed by atoms with E-state index in [2.05, 4.69) is 282 Å². The second kappa shape index (κ2) is 16.3. The van der Waals surface area contributed by atoms with Crippen molar-refractivity contribution >= 4 is 62.7 Å². The zero-order chi connectivity index (χ0) is 46.2. The van der Waals surface area contributed by atoms with Crippen molar-refractivity contribution in [2.24, 2.45) is 0 Å². The topological polar surface area (TPSA) is 8.17 Å². The SMILES string of the molecule is c1ccc(-c2cc3c(c4c2N(c2ccccc2)c2cc(-c5ccc6c(c5)c5ccccc5n6-c5ccccc5)ccc2P4c2ccccc2)-c2ccccc2C3(c2ccccc2)c2ccccc2)cc1. The predicted molar refractivity (Wildman–Crippen MR) is 296 cm³/mol. The van der Waals surface area contributed by atoms with Crippen molar-refractivity contribution in [1.82, 2.24) is 4.57 Å². The third kappa shape index (κ3) is 6.04. The van der Waals surface area contributed by atoms with Crippen molar-refractivity contribution in [2.75, 3.05) is 4.90 Å². The van der Waals surface area contributed by atoms with Gasteiger partial charge in [0.2, 0.25) is 0 Å². The van der Waals surface area contributed by atoms with E-state index < -0.39 is 13.3 Å². The summed E-state index contributed by atoms with van der Waals surface area (Å²) in [5, 5.41) is 6.55. The maximum Gasteiger partial charge on any atom is 0.0714 e. The van der Waals surface area contributed by atoms with Gasteiger partial charge in [0.05, 0.1) is 27.8 Å². The standard InChI is InChI=1S/C67H45N2P/c1-7-23-46(24-8-1)56-45-59-64(55-36-19-21-37-58(55)67(59,49-25-9-2-10-26-49)50-27-11-3-12-28-50)66-65(56)69(52-31-15-5-16-32-52)62-44-48(40-42-63(62)70(66)53-33-17-6-18-34-53)47-39-41-61-57(43-47)54-35-20-22-38-60(54)68(61)51-29-13-4-14-30-51/h1-45H. The van der Waals surface area contributed by atoms with Gasteiger partial charge in [0, 0.05) is 38.3 Å². The summed E-state index contributed by atoms with van der Waals surface area (Å²) in [6, 6.07) is 102. The van der Waals surface area contributed by atoms with Crippen LogP contribution in [0.15, 0.2) is 273 Å². The Morgan fingerprint density at radius 3 is 1.60 bits per heavy atom. The Morgan fingerprint density at radius 2 is 0.900 bits per heavy atom. The minimum Gasteiger partial charge on any atom is -0.309 e. The first-order valence-corrected chi connectivity index (χ1v) is 25.5. The van der Waals surface area contributed by atoms with Gasteiger partial charge in [-0.1, -0.05) is 218 Å². The summed E-state index contributed by atoms with van der Waals surface area (Å²) in [5.74, 6) is 0. The molecule has 0 fully saturated rings. The Kier molecular flexibility index (Phi) is 9.44. The van der Waals surface area contributed by atoms with Gasteiger partial charge in [-0.2, -0.15) is 0 Å². The maximum absolute atomic E-state index is 2.60. The fourth-order valence-electron chi connectivity index (χ4n) is 11.9. The van der Waals surface area contributed by atoms with E-state index in [-0.39, 0.29) is 0 Å². The molecule has 1 aliphatic heterocycles. The number of anilines is 3. The Balaban J connectivity index is 1.10. The molecule has 2 aliphatic rings. The van der Waals surface area contributed by atoms with Gasteiger partial charge in [-0.05, 0) is 118 Å². The highest BCUT2D eigenvalue weighted by Crippen LogP contribution is 2.62. The fraction of sp³-hybridized carbons (Fsp3) is 0.0149. The Bertz CT molecular complexity index is 3880. The average Bonchev–Trinajstić information content (AvgIpc) is 3.94. The number of rotatable bonds is 7. The van der Waals surface area contributed by atoms with Gasteiger partial charge in [-0.25, -0.2) is 0 Å². The van der Waals surface area contributed by atoms with Gasteiger partial charge < -0.3 is 9.47 Å². The van der Waals surface area contributed by atoms with Crippen LogP contribution >= 0.6 is 7.92 Å². The van der Waals surface area contributed by atoms with Crippen molar-refractivity contribution in [3.63, 3.8) is 0 Å². The molecule has 0 radical (unpaired) electrons. The summed E-state index contributed by atoms with van der Waals surface area (Å²) < 4.78 is 2.40. The predicted octanol–water partition coefficient (Wildman–Crippen LogP) is 16.0. The monoisotopic (exact) mass is 908 g/mol. The van der Waals surface area contributed by atoms with Crippen LogP contribution in [0.5, 0.6) is 0 Å². The van der Waals surface area contributed by atoms with Crippen LogP contribution in [0.25, 0.3) is 60.9 Å². The highest BCUT2D eigenvalue weighted by atomic mass is 31.1. The number of benzene rings is 11. The zero-order valence-electron chi connectivity index (χ0n) is 38.3. The zero-order valence-corrected chi connectivity index (χ0v) is 39.2. The number of hydrogen-bond donors (Lipinski definition) is 0. The van der Waals surface area contributed by atoms with Gasteiger partial charge in [-0.15, -0.1) is 0 Å². The first kappa shape index (κ1) is 40.5. The molecule has 2 heterocycles. The molecule has 0 spiro atoms. The number of hydrogen-bond acceptors (Lipinski definition) is 1. The average molecular weight is 909 g/mol. The second-order valence-electron chi connectivity index (χ2n) is 18.4. The Hall–Kier alpha value is -8.55. The molecule has 0 amide bonds. The molecule has 0 N–H and O–H groups in total. The Labute approximate surface area is 409 Å². The molecule has 1 aliphatic carbocycles. The number of aromatic nitrogens is 1. The molecule has 1 unspecified atom stereocenters. The molecule has 11 aromatic carbocycles. The quantitative estimate of drug-likeness (QED) is 0.145. The first-order valence-electron chi connectivity index (χ1n) is 24.2. The maximum atomic E-state index is 2.60. The van der Waals surface area contributed by atoms with Gasteiger partial charge in [0.15, 0.2) is 0 Å². The van der Waals surface area contributed by atoms with E-state index in [1.807, 2.05) is 0 Å². The van der Waals surface area contributed by atoms with Crippen molar-refractivity contribution in [3.05, 3.63) is 295 Å². The van der Waals surface area contributed by atoms with Crippen LogP contribution in [0.4, 0.5) is 17.1 Å². The second-order valence-corrected chi connectivity index (χ2v) is 20.5. The lowest BCUT2D eigenvalue weighted by atomic mass is 9.67. The number of nitrogens with zero attached hydrogens (tertiary/aromatic N) is 2. The van der Waals surface area contributed by atoms with E-state index in [1.165, 1.54) is 105 Å². The van der Waals surface area contributed by atoms with Gasteiger partial charge in [0.25, 0.3) is 0 Å². The molecule has 12 aromatic rings. The molecule has 1 atom stereocenters. The molecule has 0 bridgehead atoms. The summed E-state index contributed by atoms with van der Waals surface area (Å²) in [4.78, 5) is 2.60. The number of para-hydroxylation sites is 3. The summed E-state index contributed by atoms with van der Waals surface area (Å²) in [5.41, 5.74) is 19.2. The highest BCUT2D eigenvalue weighted by Gasteiger charge is 2.50. The molecule has 70 heavy (non-hydrogen) atoms. The van der Waals surface area contributed by atoms with E-state index in [0.717, 1.165) is 11.4 Å². The largest absolute Gasteiger partial charge is 0.309 e. The molecule has 14 rings (SSSR count). The third-order valence-corrected chi connectivity index (χ3v) is 17.3. The van der Waals surface area contributed by atoms with Crippen LogP contribution in [-0.4, -0.2) is 4.57 Å². The molecule has 0 saturated carbocycles. The highest BCUT2D eigenvalue weighted by molar-refractivity contribution is 7.80. The van der Waals surface area contributed by atoms with Crippen LogP contribution in [0.2, 0.25) is 0 Å². The van der Waals surface area contributed by atoms with Crippen LogP contribution in [0, 0.1) is 0 Å². The lowest BCUT2D eigenvalue weighted by Gasteiger charge is -2.42. The van der Waals surface area contributed by atoms with Crippen LogP contribution < -0.4 is 20.8 Å². The molecule has 328 valence electrons. The molecular weight excluding hydrogens is 864 g/mol. The Morgan fingerprint density at radius 1 is 0.357 bits per heavy atom. The van der Waals surface area contributed by atoms with Gasteiger partial charge in [0.1, 0.15) is 0 Å². The molecular formula is C67H45N2P. The van der Waals surface area contributed by atoms with E-state index in [0.29, 0.717) is 0 Å². The summed E-state index contributed by atoms with van der Waals surface area (Å²) >= 11 is 0. The minimum atomic E-state index is -1.13. The molecule has 1 aromatic heterocycles. The fourth-order valence-corrected chi connectivity index (χ4v) is 14.6.